The molecule has 3 rings (SSSR count). The first kappa shape index (κ1) is 19.5. The second-order valence-corrected chi connectivity index (χ2v) is 6.09. The van der Waals surface area contributed by atoms with Gasteiger partial charge in [-0.3, -0.25) is 9.59 Å². The molecule has 146 valence electrons. The Balaban J connectivity index is 2.19. The molecule has 0 saturated carbocycles. The number of nitrogens with zero attached hydrogens (tertiary/aromatic N) is 3. The second-order valence-electron chi connectivity index (χ2n) is 6.09. The van der Waals surface area contributed by atoms with Crippen molar-refractivity contribution in [1.82, 2.24) is 15.0 Å². The van der Waals surface area contributed by atoms with Crippen LogP contribution in [0, 0.1) is 5.82 Å². The molecule has 0 spiro atoms. The van der Waals surface area contributed by atoms with Gasteiger partial charge in [0, 0.05) is 0 Å². The van der Waals surface area contributed by atoms with Crippen LogP contribution in [0.5, 0.6) is 0 Å². The van der Waals surface area contributed by atoms with Gasteiger partial charge >= 0.3 is 11.9 Å². The van der Waals surface area contributed by atoms with Crippen molar-refractivity contribution in [1.29, 1.82) is 0 Å². The van der Waals surface area contributed by atoms with Crippen LogP contribution in [0.3, 0.4) is 0 Å². The van der Waals surface area contributed by atoms with Gasteiger partial charge in [-0.25, -0.2) is 9.07 Å². The fraction of sp³-hybridized carbons (Fsp3) is 0.300. The molecule has 0 aliphatic carbocycles. The number of aromatic nitrogens is 3. The van der Waals surface area contributed by atoms with E-state index in [1.165, 1.54) is 28.9 Å². The molecule has 0 aliphatic rings. The van der Waals surface area contributed by atoms with Crippen molar-refractivity contribution >= 4 is 23.0 Å². The molecule has 1 heterocycles. The van der Waals surface area contributed by atoms with Crippen LogP contribution < -0.4 is 0 Å². The van der Waals surface area contributed by atoms with Crippen molar-refractivity contribution in [2.45, 2.75) is 25.8 Å². The Hall–Kier alpha value is -3.29. The average Bonchev–Trinajstić information content (AvgIpc) is 3.10. The van der Waals surface area contributed by atoms with Crippen LogP contribution >= 0.6 is 0 Å². The van der Waals surface area contributed by atoms with Crippen LogP contribution in [0.2, 0.25) is 0 Å². The fourth-order valence-corrected chi connectivity index (χ4v) is 3.04. The predicted octanol–water partition coefficient (Wildman–Crippen LogP) is 2.63. The molecule has 0 saturated heterocycles. The molecule has 0 unspecified atom stereocenters. The first-order valence-corrected chi connectivity index (χ1v) is 8.91. The highest BCUT2D eigenvalue weighted by atomic mass is 19.1. The number of ether oxygens (including phenoxy) is 2. The van der Waals surface area contributed by atoms with Gasteiger partial charge in [0.1, 0.15) is 11.3 Å². The van der Waals surface area contributed by atoms with Gasteiger partial charge in [0.15, 0.2) is 0 Å². The van der Waals surface area contributed by atoms with E-state index in [-0.39, 0.29) is 25.3 Å². The molecule has 0 aliphatic heterocycles. The van der Waals surface area contributed by atoms with Gasteiger partial charge in [0.25, 0.3) is 0 Å². The van der Waals surface area contributed by atoms with Gasteiger partial charge in [-0.05, 0) is 43.7 Å². The molecular weight excluding hydrogens is 365 g/mol. The molecule has 0 bridgehead atoms. The molecule has 0 atom stereocenters. The maximum atomic E-state index is 13.5. The summed E-state index contributed by atoms with van der Waals surface area (Å²) in [6.07, 6.45) is 0. The van der Waals surface area contributed by atoms with Gasteiger partial charge in [-0.1, -0.05) is 29.5 Å². The molecule has 0 amide bonds. The van der Waals surface area contributed by atoms with Crippen LogP contribution in [-0.4, -0.2) is 40.1 Å². The fourth-order valence-electron chi connectivity index (χ4n) is 3.04. The van der Waals surface area contributed by atoms with E-state index < -0.39 is 23.2 Å². The number of fused-ring (bicyclic) bond motifs is 1. The van der Waals surface area contributed by atoms with Crippen LogP contribution in [0.4, 0.5) is 4.39 Å². The maximum Gasteiger partial charge on any atom is 0.330 e. The van der Waals surface area contributed by atoms with E-state index in [0.29, 0.717) is 11.0 Å². The third-order valence-electron chi connectivity index (χ3n) is 4.39. The summed E-state index contributed by atoms with van der Waals surface area (Å²) in [4.78, 5) is 26.1. The normalized spacial score (nSPS) is 11.4. The largest absolute Gasteiger partial charge is 0.465 e. The number of hydrogen-bond donors (Lipinski definition) is 0. The monoisotopic (exact) mass is 385 g/mol. The first-order valence-electron chi connectivity index (χ1n) is 8.91. The Morgan fingerprint density at radius 2 is 1.61 bits per heavy atom. The Labute approximate surface area is 161 Å². The van der Waals surface area contributed by atoms with Crippen molar-refractivity contribution in [2.75, 3.05) is 13.2 Å². The lowest BCUT2D eigenvalue weighted by molar-refractivity contribution is -0.166. The van der Waals surface area contributed by atoms with Gasteiger partial charge < -0.3 is 9.47 Å². The number of benzene rings is 2. The zero-order valence-electron chi connectivity index (χ0n) is 15.6. The van der Waals surface area contributed by atoms with Crippen LogP contribution in [0.1, 0.15) is 19.4 Å². The van der Waals surface area contributed by atoms with Gasteiger partial charge in [-0.2, -0.15) is 0 Å². The third-order valence-corrected chi connectivity index (χ3v) is 4.39. The summed E-state index contributed by atoms with van der Waals surface area (Å²) in [5, 5.41) is 8.16. The van der Waals surface area contributed by atoms with Crippen molar-refractivity contribution in [3.8, 4) is 0 Å². The van der Waals surface area contributed by atoms with Crippen LogP contribution in [0.25, 0.3) is 11.0 Å². The minimum atomic E-state index is -1.85. The highest BCUT2D eigenvalue weighted by Crippen LogP contribution is 2.31. The van der Waals surface area contributed by atoms with Gasteiger partial charge in [-0.15, -0.1) is 5.10 Å². The zero-order valence-corrected chi connectivity index (χ0v) is 15.6. The maximum absolute atomic E-state index is 13.5. The van der Waals surface area contributed by atoms with Crippen molar-refractivity contribution in [2.24, 2.45) is 0 Å². The SMILES string of the molecule is CCOC(=O)C(Cn1nnc2ccccc21)(C(=O)OCC)c1ccc(F)cc1. The number of para-hydroxylation sites is 1. The van der Waals surface area contributed by atoms with Crippen LogP contribution in [-0.2, 0) is 31.0 Å². The van der Waals surface area contributed by atoms with E-state index in [0.717, 1.165) is 0 Å². The van der Waals surface area contributed by atoms with E-state index in [1.807, 2.05) is 6.07 Å². The summed E-state index contributed by atoms with van der Waals surface area (Å²) >= 11 is 0. The Bertz CT molecular complexity index is 967. The summed E-state index contributed by atoms with van der Waals surface area (Å²) in [5.41, 5.74) is -0.341. The quantitative estimate of drug-likeness (QED) is 0.459. The van der Waals surface area contributed by atoms with E-state index in [2.05, 4.69) is 10.3 Å². The summed E-state index contributed by atoms with van der Waals surface area (Å²) in [6, 6.07) is 12.3. The van der Waals surface area contributed by atoms with E-state index in [4.69, 9.17) is 9.47 Å². The van der Waals surface area contributed by atoms with Crippen LogP contribution in [0.15, 0.2) is 48.5 Å². The highest BCUT2D eigenvalue weighted by molar-refractivity contribution is 6.06. The number of halogens is 1. The standard InChI is InChI=1S/C20H20FN3O4/c1-3-27-18(25)20(19(26)28-4-2,14-9-11-15(21)12-10-14)13-24-17-8-6-5-7-16(17)22-23-24/h5-12H,3-4,13H2,1-2H3. The van der Waals surface area contributed by atoms with Gasteiger partial charge in [0.2, 0.25) is 5.41 Å². The first-order chi connectivity index (χ1) is 13.5. The number of hydrogen-bond acceptors (Lipinski definition) is 6. The lowest BCUT2D eigenvalue weighted by atomic mass is 9.80. The third kappa shape index (κ3) is 3.45. The number of rotatable bonds is 7. The minimum Gasteiger partial charge on any atom is -0.465 e. The number of carbonyl (C=O) groups excluding carboxylic acids is 2. The molecule has 8 heteroatoms. The predicted molar refractivity (Wildman–Crippen MR) is 98.9 cm³/mol. The summed E-state index contributed by atoms with van der Waals surface area (Å²) in [6.45, 7) is 3.22. The lowest BCUT2D eigenvalue weighted by Gasteiger charge is -2.29. The van der Waals surface area contributed by atoms with E-state index in [1.54, 1.807) is 32.0 Å². The topological polar surface area (TPSA) is 83.3 Å². The molecule has 0 N–H and O–H groups in total. The average molecular weight is 385 g/mol. The van der Waals surface area contributed by atoms with Crippen molar-refractivity contribution < 1.29 is 23.5 Å². The van der Waals surface area contributed by atoms with Gasteiger partial charge in [0.05, 0.1) is 25.3 Å². The number of esters is 2. The molecule has 1 aromatic heterocycles. The van der Waals surface area contributed by atoms with E-state index >= 15 is 0 Å². The molecule has 28 heavy (non-hydrogen) atoms. The van der Waals surface area contributed by atoms with E-state index in [9.17, 15) is 14.0 Å². The summed E-state index contributed by atoms with van der Waals surface area (Å²) in [7, 11) is 0. The molecule has 2 aromatic carbocycles. The molecular formula is C20H20FN3O4. The highest BCUT2D eigenvalue weighted by Gasteiger charge is 2.51. The minimum absolute atomic E-state index is 0.0687. The Morgan fingerprint density at radius 3 is 2.21 bits per heavy atom. The summed E-state index contributed by atoms with van der Waals surface area (Å²) < 4.78 is 25.4. The number of carbonyl (C=O) groups is 2. The van der Waals surface area contributed by atoms with Crippen molar-refractivity contribution in [3.05, 3.63) is 59.9 Å². The second kappa shape index (κ2) is 8.16. The Kier molecular flexibility index (Phi) is 5.67. The Morgan fingerprint density at radius 1 is 1.00 bits per heavy atom. The summed E-state index contributed by atoms with van der Waals surface area (Å²) in [5.74, 6) is -2.07. The molecule has 3 aromatic rings. The smallest absolute Gasteiger partial charge is 0.330 e. The molecule has 7 nitrogen and oxygen atoms in total. The molecule has 0 radical (unpaired) electrons. The zero-order chi connectivity index (χ0) is 20.1. The lowest BCUT2D eigenvalue weighted by Crippen LogP contribution is -2.49. The molecule has 0 fully saturated rings. The van der Waals surface area contributed by atoms with Crippen molar-refractivity contribution in [3.63, 3.8) is 0 Å².